The predicted octanol–water partition coefficient (Wildman–Crippen LogP) is 3.56. The maximum Gasteiger partial charge on any atom is 0.0356 e. The van der Waals surface area contributed by atoms with Crippen molar-refractivity contribution in [1.29, 1.82) is 0 Å². The summed E-state index contributed by atoms with van der Waals surface area (Å²) in [6, 6.07) is 6.34. The molecule has 0 saturated heterocycles. The van der Waals surface area contributed by atoms with E-state index in [4.69, 9.17) is 5.73 Å². The predicted molar refractivity (Wildman–Crippen MR) is 66.9 cm³/mol. The van der Waals surface area contributed by atoms with Gasteiger partial charge in [-0.1, -0.05) is 22.0 Å². The maximum atomic E-state index is 5.52. The highest BCUT2D eigenvalue weighted by Gasteiger charge is 2.06. The molecule has 2 rings (SSSR count). The smallest absolute Gasteiger partial charge is 0.0356 e. The zero-order chi connectivity index (χ0) is 9.97. The summed E-state index contributed by atoms with van der Waals surface area (Å²) in [4.78, 5) is 0. The second kappa shape index (κ2) is 4.43. The number of fused-ring (bicyclic) bond motifs is 1. The van der Waals surface area contributed by atoms with E-state index in [1.807, 2.05) is 11.3 Å². The van der Waals surface area contributed by atoms with Crippen molar-refractivity contribution in [3.05, 3.63) is 33.6 Å². The van der Waals surface area contributed by atoms with Gasteiger partial charge < -0.3 is 5.73 Å². The highest BCUT2D eigenvalue weighted by Crippen LogP contribution is 2.32. The van der Waals surface area contributed by atoms with E-state index < -0.39 is 0 Å². The van der Waals surface area contributed by atoms with Gasteiger partial charge in [0.05, 0.1) is 0 Å². The Morgan fingerprint density at radius 3 is 3.00 bits per heavy atom. The Bertz CT molecular complexity index is 436. The number of rotatable bonds is 3. The molecule has 0 unspecified atom stereocenters. The highest BCUT2D eigenvalue weighted by atomic mass is 79.9. The van der Waals surface area contributed by atoms with E-state index in [0.717, 1.165) is 19.4 Å². The molecule has 1 nitrogen and oxygen atoms in total. The molecule has 0 aliphatic rings. The Labute approximate surface area is 96.1 Å². The second-order valence-corrected chi connectivity index (χ2v) is 5.03. The van der Waals surface area contributed by atoms with Crippen LogP contribution < -0.4 is 5.73 Å². The molecule has 0 bridgehead atoms. The first-order chi connectivity index (χ1) is 6.83. The fourth-order valence-electron chi connectivity index (χ4n) is 1.58. The summed E-state index contributed by atoms with van der Waals surface area (Å²) in [6.07, 6.45) is 2.15. The molecule has 0 amide bonds. The molecular formula is C11H12BrNS. The molecule has 0 spiro atoms. The molecule has 0 radical (unpaired) electrons. The van der Waals surface area contributed by atoms with Crippen molar-refractivity contribution in [3.8, 4) is 0 Å². The summed E-state index contributed by atoms with van der Waals surface area (Å²) in [6.45, 7) is 0.766. The van der Waals surface area contributed by atoms with Crippen LogP contribution in [0, 0.1) is 0 Å². The first-order valence-electron chi connectivity index (χ1n) is 4.67. The van der Waals surface area contributed by atoms with Gasteiger partial charge in [0.1, 0.15) is 0 Å². The van der Waals surface area contributed by atoms with E-state index in [-0.39, 0.29) is 0 Å². The van der Waals surface area contributed by atoms with Crippen molar-refractivity contribution >= 4 is 37.4 Å². The lowest BCUT2D eigenvalue weighted by Gasteiger charge is -1.99. The van der Waals surface area contributed by atoms with Gasteiger partial charge in [-0.25, -0.2) is 0 Å². The van der Waals surface area contributed by atoms with Gasteiger partial charge in [0.25, 0.3) is 0 Å². The average Bonchev–Trinajstić information content (AvgIpc) is 2.59. The van der Waals surface area contributed by atoms with Gasteiger partial charge in [-0.3, -0.25) is 0 Å². The van der Waals surface area contributed by atoms with Gasteiger partial charge in [-0.05, 0) is 42.5 Å². The molecule has 14 heavy (non-hydrogen) atoms. The number of thiophene rings is 1. The van der Waals surface area contributed by atoms with Crippen LogP contribution in [-0.4, -0.2) is 6.54 Å². The molecule has 0 fully saturated rings. The summed E-state index contributed by atoms with van der Waals surface area (Å²) in [5.74, 6) is 0. The number of halogens is 1. The fourth-order valence-corrected chi connectivity index (χ4v) is 3.36. The molecule has 0 aliphatic carbocycles. The maximum absolute atomic E-state index is 5.52. The van der Waals surface area contributed by atoms with Crippen LogP contribution in [0.2, 0.25) is 0 Å². The Kier molecular flexibility index (Phi) is 3.21. The summed E-state index contributed by atoms with van der Waals surface area (Å²) in [7, 11) is 0. The van der Waals surface area contributed by atoms with Crippen LogP contribution in [0.4, 0.5) is 0 Å². The third kappa shape index (κ3) is 1.85. The quantitative estimate of drug-likeness (QED) is 0.906. The van der Waals surface area contributed by atoms with E-state index in [2.05, 4.69) is 39.5 Å². The third-order valence-corrected chi connectivity index (χ3v) is 3.93. The van der Waals surface area contributed by atoms with Crippen molar-refractivity contribution < 1.29 is 0 Å². The summed E-state index contributed by atoms with van der Waals surface area (Å²) < 4.78 is 2.55. The van der Waals surface area contributed by atoms with Crippen LogP contribution in [0.5, 0.6) is 0 Å². The summed E-state index contributed by atoms with van der Waals surface area (Å²) in [5, 5.41) is 3.61. The number of nitrogens with two attached hydrogens (primary N) is 1. The SMILES string of the molecule is NCCCc1csc2cccc(Br)c12. The Morgan fingerprint density at radius 2 is 2.21 bits per heavy atom. The van der Waals surface area contributed by atoms with E-state index >= 15 is 0 Å². The van der Waals surface area contributed by atoms with Gasteiger partial charge in [-0.2, -0.15) is 0 Å². The van der Waals surface area contributed by atoms with Crippen molar-refractivity contribution in [3.63, 3.8) is 0 Å². The zero-order valence-electron chi connectivity index (χ0n) is 7.79. The molecule has 0 saturated carbocycles. The number of benzene rings is 1. The fraction of sp³-hybridized carbons (Fsp3) is 0.273. The zero-order valence-corrected chi connectivity index (χ0v) is 10.2. The van der Waals surface area contributed by atoms with Crippen molar-refractivity contribution in [2.45, 2.75) is 12.8 Å². The molecule has 74 valence electrons. The normalized spacial score (nSPS) is 11.0. The van der Waals surface area contributed by atoms with Crippen LogP contribution in [0.25, 0.3) is 10.1 Å². The lowest BCUT2D eigenvalue weighted by atomic mass is 10.1. The molecule has 3 heteroatoms. The van der Waals surface area contributed by atoms with Gasteiger partial charge in [-0.15, -0.1) is 11.3 Å². The van der Waals surface area contributed by atoms with E-state index in [9.17, 15) is 0 Å². The number of hydrogen-bond acceptors (Lipinski definition) is 2. The molecular weight excluding hydrogens is 258 g/mol. The Hall–Kier alpha value is -0.380. The molecule has 1 heterocycles. The minimum absolute atomic E-state index is 0.766. The summed E-state index contributed by atoms with van der Waals surface area (Å²) >= 11 is 5.40. The van der Waals surface area contributed by atoms with Crippen molar-refractivity contribution in [1.82, 2.24) is 0 Å². The van der Waals surface area contributed by atoms with Gasteiger partial charge in [0, 0.05) is 14.6 Å². The van der Waals surface area contributed by atoms with E-state index in [0.29, 0.717) is 0 Å². The van der Waals surface area contributed by atoms with Gasteiger partial charge >= 0.3 is 0 Å². The van der Waals surface area contributed by atoms with Gasteiger partial charge in [0.2, 0.25) is 0 Å². The number of aryl methyl sites for hydroxylation is 1. The van der Waals surface area contributed by atoms with Crippen molar-refractivity contribution in [2.75, 3.05) is 6.54 Å². The molecule has 2 N–H and O–H groups in total. The largest absolute Gasteiger partial charge is 0.330 e. The van der Waals surface area contributed by atoms with E-state index in [1.165, 1.54) is 20.1 Å². The highest BCUT2D eigenvalue weighted by molar-refractivity contribution is 9.10. The van der Waals surface area contributed by atoms with Crippen LogP contribution >= 0.6 is 27.3 Å². The molecule has 2 aromatic rings. The van der Waals surface area contributed by atoms with Gasteiger partial charge in [0.15, 0.2) is 0 Å². The molecule has 1 aromatic carbocycles. The lowest BCUT2D eigenvalue weighted by molar-refractivity contribution is 0.839. The summed E-state index contributed by atoms with van der Waals surface area (Å²) in [5.41, 5.74) is 6.94. The van der Waals surface area contributed by atoms with Crippen LogP contribution in [0.3, 0.4) is 0 Å². The van der Waals surface area contributed by atoms with E-state index in [1.54, 1.807) is 0 Å². The van der Waals surface area contributed by atoms with Crippen LogP contribution in [0.1, 0.15) is 12.0 Å². The number of hydrogen-bond donors (Lipinski definition) is 1. The topological polar surface area (TPSA) is 26.0 Å². The minimum atomic E-state index is 0.766. The lowest BCUT2D eigenvalue weighted by Crippen LogP contribution is -1.99. The molecule has 0 aliphatic heterocycles. The third-order valence-electron chi connectivity index (χ3n) is 2.27. The van der Waals surface area contributed by atoms with Crippen LogP contribution in [0.15, 0.2) is 28.1 Å². The standard InChI is InChI=1S/C11H12BrNS/c12-9-4-1-5-10-11(9)8(7-14-10)3-2-6-13/h1,4-5,7H,2-3,6,13H2. The molecule has 1 aromatic heterocycles. The monoisotopic (exact) mass is 269 g/mol. The second-order valence-electron chi connectivity index (χ2n) is 3.27. The average molecular weight is 270 g/mol. The van der Waals surface area contributed by atoms with Crippen LogP contribution in [-0.2, 0) is 6.42 Å². The Balaban J connectivity index is 2.45. The van der Waals surface area contributed by atoms with Crippen molar-refractivity contribution in [2.24, 2.45) is 5.73 Å². The first kappa shape index (κ1) is 10.1. The molecule has 0 atom stereocenters. The Morgan fingerprint density at radius 1 is 1.36 bits per heavy atom. The minimum Gasteiger partial charge on any atom is -0.330 e. The first-order valence-corrected chi connectivity index (χ1v) is 6.35.